The van der Waals surface area contributed by atoms with Crippen LogP contribution < -0.4 is 10.6 Å². The lowest BCUT2D eigenvalue weighted by Gasteiger charge is -2.27. The molecule has 9 heteroatoms. The summed E-state index contributed by atoms with van der Waals surface area (Å²) in [7, 11) is 1.95. The number of phenolic OH excluding ortho intramolecular Hbond substituents is 1. The molecule has 0 atom stereocenters. The SMILES string of the molecule is CN(CC(C)(C)N)c1ccn2cc(-c3ccc(-n4nccn4)cc3O)nc2n1. The number of phenols is 1. The fraction of sp³-hybridized carbons (Fsp3) is 0.263. The predicted molar refractivity (Wildman–Crippen MR) is 107 cm³/mol. The molecule has 0 unspecified atom stereocenters. The van der Waals surface area contributed by atoms with Crippen molar-refractivity contribution >= 4 is 11.6 Å². The lowest BCUT2D eigenvalue weighted by atomic mass is 10.1. The Balaban J connectivity index is 1.66. The van der Waals surface area contributed by atoms with Crippen LogP contribution in [0.4, 0.5) is 5.82 Å². The minimum absolute atomic E-state index is 0.0976. The van der Waals surface area contributed by atoms with Crippen LogP contribution in [0.1, 0.15) is 13.8 Å². The van der Waals surface area contributed by atoms with Gasteiger partial charge >= 0.3 is 0 Å². The molecular weight excluding hydrogens is 356 g/mol. The van der Waals surface area contributed by atoms with Gasteiger partial charge in [0.25, 0.3) is 0 Å². The van der Waals surface area contributed by atoms with Crippen LogP contribution in [0, 0.1) is 0 Å². The zero-order valence-electron chi connectivity index (χ0n) is 16.0. The molecule has 0 aliphatic rings. The molecule has 28 heavy (non-hydrogen) atoms. The standard InChI is InChI=1S/C19H22N8O/c1-19(2,20)12-25(3)17-6-9-26-11-15(23-18(26)24-17)14-5-4-13(10-16(14)28)27-21-7-8-22-27/h4-11,28H,12,20H2,1-3H3. The summed E-state index contributed by atoms with van der Waals surface area (Å²) in [4.78, 5) is 12.6. The van der Waals surface area contributed by atoms with Gasteiger partial charge < -0.3 is 15.7 Å². The highest BCUT2D eigenvalue weighted by atomic mass is 16.3. The van der Waals surface area contributed by atoms with E-state index in [1.807, 2.05) is 54.7 Å². The molecule has 0 bridgehead atoms. The Morgan fingerprint density at radius 3 is 2.57 bits per heavy atom. The van der Waals surface area contributed by atoms with Gasteiger partial charge in [0.2, 0.25) is 5.78 Å². The third-order valence-corrected chi connectivity index (χ3v) is 4.25. The number of nitrogens with two attached hydrogens (primary N) is 1. The minimum Gasteiger partial charge on any atom is -0.507 e. The number of nitrogens with zero attached hydrogens (tertiary/aromatic N) is 7. The topological polar surface area (TPSA) is 110 Å². The van der Waals surface area contributed by atoms with E-state index in [-0.39, 0.29) is 11.3 Å². The Labute approximate surface area is 162 Å². The molecule has 0 saturated heterocycles. The lowest BCUT2D eigenvalue weighted by Crippen LogP contribution is -2.44. The number of fused-ring (bicyclic) bond motifs is 1. The number of aromatic hydroxyl groups is 1. The van der Waals surface area contributed by atoms with Crippen LogP contribution in [0.3, 0.4) is 0 Å². The molecule has 0 fully saturated rings. The number of aromatic nitrogens is 6. The first kappa shape index (κ1) is 17.9. The van der Waals surface area contributed by atoms with Crippen LogP contribution >= 0.6 is 0 Å². The fourth-order valence-corrected chi connectivity index (χ4v) is 3.11. The number of rotatable bonds is 5. The first-order valence-corrected chi connectivity index (χ1v) is 8.86. The van der Waals surface area contributed by atoms with Crippen LogP contribution in [0.2, 0.25) is 0 Å². The smallest absolute Gasteiger partial charge is 0.236 e. The van der Waals surface area contributed by atoms with Crippen molar-refractivity contribution < 1.29 is 5.11 Å². The number of anilines is 1. The van der Waals surface area contributed by atoms with Crippen molar-refractivity contribution in [1.29, 1.82) is 0 Å². The molecule has 3 N–H and O–H groups in total. The molecule has 3 heterocycles. The fourth-order valence-electron chi connectivity index (χ4n) is 3.11. The molecule has 0 aliphatic heterocycles. The average Bonchev–Trinajstić information content (AvgIpc) is 3.29. The molecule has 9 nitrogen and oxygen atoms in total. The first-order chi connectivity index (χ1) is 13.3. The second-order valence-corrected chi connectivity index (χ2v) is 7.48. The highest BCUT2D eigenvalue weighted by Crippen LogP contribution is 2.30. The molecule has 0 radical (unpaired) electrons. The van der Waals surface area contributed by atoms with Crippen molar-refractivity contribution in [2.45, 2.75) is 19.4 Å². The van der Waals surface area contributed by atoms with Crippen LogP contribution in [0.5, 0.6) is 5.75 Å². The monoisotopic (exact) mass is 378 g/mol. The van der Waals surface area contributed by atoms with Crippen LogP contribution in [0.15, 0.2) is 49.1 Å². The molecule has 1 aromatic carbocycles. The average molecular weight is 378 g/mol. The van der Waals surface area contributed by atoms with Gasteiger partial charge in [0.15, 0.2) is 0 Å². The Morgan fingerprint density at radius 1 is 1.14 bits per heavy atom. The number of likely N-dealkylation sites (N-methyl/N-ethyl adjacent to an activating group) is 1. The summed E-state index contributed by atoms with van der Waals surface area (Å²) in [6, 6.07) is 7.14. The van der Waals surface area contributed by atoms with E-state index in [2.05, 4.69) is 20.2 Å². The molecule has 0 saturated carbocycles. The van der Waals surface area contributed by atoms with Gasteiger partial charge in [-0.25, -0.2) is 4.98 Å². The second-order valence-electron chi connectivity index (χ2n) is 7.48. The van der Waals surface area contributed by atoms with Crippen LogP contribution in [-0.2, 0) is 0 Å². The molecule has 0 amide bonds. The van der Waals surface area contributed by atoms with Crippen molar-refractivity contribution in [1.82, 2.24) is 29.4 Å². The van der Waals surface area contributed by atoms with E-state index in [4.69, 9.17) is 5.73 Å². The quantitative estimate of drug-likeness (QED) is 0.545. The summed E-state index contributed by atoms with van der Waals surface area (Å²) in [6.45, 7) is 4.61. The molecule has 0 aliphatic carbocycles. The molecule has 0 spiro atoms. The predicted octanol–water partition coefficient (Wildman–Crippen LogP) is 1.86. The van der Waals surface area contributed by atoms with E-state index in [0.29, 0.717) is 29.3 Å². The van der Waals surface area contributed by atoms with Gasteiger partial charge in [-0.3, -0.25) is 4.40 Å². The number of hydrogen-bond acceptors (Lipinski definition) is 7. The Hall–Kier alpha value is -3.46. The summed E-state index contributed by atoms with van der Waals surface area (Å²) in [5, 5.41) is 18.6. The van der Waals surface area contributed by atoms with Gasteiger partial charge in [-0.05, 0) is 32.0 Å². The molecule has 4 rings (SSSR count). The zero-order chi connectivity index (χ0) is 19.9. The van der Waals surface area contributed by atoms with E-state index < -0.39 is 0 Å². The summed E-state index contributed by atoms with van der Waals surface area (Å²) in [5.41, 5.74) is 7.68. The third-order valence-electron chi connectivity index (χ3n) is 4.25. The third kappa shape index (κ3) is 3.52. The van der Waals surface area contributed by atoms with Gasteiger partial charge in [-0.1, -0.05) is 0 Å². The second kappa shape index (κ2) is 6.61. The van der Waals surface area contributed by atoms with E-state index in [9.17, 15) is 5.11 Å². The van der Waals surface area contributed by atoms with Crippen LogP contribution in [-0.4, -0.2) is 53.6 Å². The van der Waals surface area contributed by atoms with E-state index in [0.717, 1.165) is 5.82 Å². The summed E-state index contributed by atoms with van der Waals surface area (Å²) in [5.74, 6) is 1.43. The number of imidazole rings is 1. The number of hydrogen-bond donors (Lipinski definition) is 2. The Morgan fingerprint density at radius 2 is 1.89 bits per heavy atom. The maximum atomic E-state index is 10.5. The normalized spacial score (nSPS) is 11.9. The van der Waals surface area contributed by atoms with Crippen LogP contribution in [0.25, 0.3) is 22.7 Å². The van der Waals surface area contributed by atoms with Crippen molar-refractivity contribution in [2.75, 3.05) is 18.5 Å². The highest BCUT2D eigenvalue weighted by molar-refractivity contribution is 5.70. The molecule has 3 aromatic heterocycles. The zero-order valence-corrected chi connectivity index (χ0v) is 16.0. The van der Waals surface area contributed by atoms with E-state index in [1.165, 1.54) is 4.80 Å². The molecular formula is C19H22N8O. The first-order valence-electron chi connectivity index (χ1n) is 8.86. The minimum atomic E-state index is -0.333. The largest absolute Gasteiger partial charge is 0.507 e. The van der Waals surface area contributed by atoms with E-state index >= 15 is 0 Å². The molecule has 144 valence electrons. The summed E-state index contributed by atoms with van der Waals surface area (Å²) < 4.78 is 1.82. The van der Waals surface area contributed by atoms with Crippen molar-refractivity contribution in [3.8, 4) is 22.7 Å². The number of benzene rings is 1. The van der Waals surface area contributed by atoms with Crippen molar-refractivity contribution in [3.63, 3.8) is 0 Å². The Bertz CT molecular complexity index is 1110. The van der Waals surface area contributed by atoms with Crippen molar-refractivity contribution in [3.05, 3.63) is 49.1 Å². The van der Waals surface area contributed by atoms with Gasteiger partial charge in [0, 0.05) is 43.2 Å². The summed E-state index contributed by atoms with van der Waals surface area (Å²) >= 11 is 0. The Kier molecular flexibility index (Phi) is 4.23. The van der Waals surface area contributed by atoms with Gasteiger partial charge in [-0.2, -0.15) is 20.0 Å². The molecule has 4 aromatic rings. The van der Waals surface area contributed by atoms with Gasteiger partial charge in [-0.15, -0.1) is 0 Å². The summed E-state index contributed by atoms with van der Waals surface area (Å²) in [6.07, 6.45) is 6.89. The van der Waals surface area contributed by atoms with Gasteiger partial charge in [0.1, 0.15) is 11.6 Å². The lowest BCUT2D eigenvalue weighted by molar-refractivity contribution is 0.476. The maximum absolute atomic E-state index is 10.5. The van der Waals surface area contributed by atoms with Crippen molar-refractivity contribution in [2.24, 2.45) is 5.73 Å². The van der Waals surface area contributed by atoms with Gasteiger partial charge in [0.05, 0.1) is 23.8 Å². The highest BCUT2D eigenvalue weighted by Gasteiger charge is 2.16. The van der Waals surface area contributed by atoms with E-state index in [1.54, 1.807) is 24.5 Å². The maximum Gasteiger partial charge on any atom is 0.236 e.